The zero-order chi connectivity index (χ0) is 21.2. The molecule has 3 aromatic rings. The number of methoxy groups -OCH3 is 1. The minimum Gasteiger partial charge on any atom is -0.545 e. The Morgan fingerprint density at radius 3 is 2.55 bits per heavy atom. The molecule has 0 saturated carbocycles. The summed E-state index contributed by atoms with van der Waals surface area (Å²) in [7, 11) is 1.42. The number of carboxylic acid groups (broad SMARTS) is 1. The van der Waals surface area contributed by atoms with E-state index < -0.39 is 17.7 Å². The Balaban J connectivity index is 2.06. The lowest BCUT2D eigenvalue weighted by Gasteiger charge is -2.17. The predicted molar refractivity (Wildman–Crippen MR) is 100 cm³/mol. The molecule has 29 heavy (non-hydrogen) atoms. The van der Waals surface area contributed by atoms with E-state index in [2.05, 4.69) is 10.3 Å². The molecule has 5 nitrogen and oxygen atoms in total. The lowest BCUT2D eigenvalue weighted by Crippen LogP contribution is -2.23. The van der Waals surface area contributed by atoms with Crippen molar-refractivity contribution >= 4 is 17.3 Å². The third-order valence-corrected chi connectivity index (χ3v) is 4.21. The maximum absolute atomic E-state index is 13.7. The number of alkyl halides is 3. The van der Waals surface area contributed by atoms with Crippen LogP contribution in [-0.2, 0) is 6.18 Å². The second kappa shape index (κ2) is 7.83. The van der Waals surface area contributed by atoms with Crippen molar-refractivity contribution in [2.45, 2.75) is 13.1 Å². The Morgan fingerprint density at radius 2 is 1.90 bits per heavy atom. The van der Waals surface area contributed by atoms with Gasteiger partial charge in [-0.1, -0.05) is 23.8 Å². The average Bonchev–Trinajstić information content (AvgIpc) is 2.68. The molecule has 0 unspecified atom stereocenters. The monoisotopic (exact) mass is 401 g/mol. The molecule has 0 fully saturated rings. The van der Waals surface area contributed by atoms with Gasteiger partial charge in [-0.25, -0.2) is 0 Å². The van der Waals surface area contributed by atoms with Crippen molar-refractivity contribution in [2.24, 2.45) is 0 Å². The molecular formula is C21H16F3N2O3-. The smallest absolute Gasteiger partial charge is 0.418 e. The quantitative estimate of drug-likeness (QED) is 0.694. The number of aromatic nitrogens is 1. The molecule has 0 aliphatic heterocycles. The highest BCUT2D eigenvalue weighted by Gasteiger charge is 2.35. The van der Waals surface area contributed by atoms with Crippen molar-refractivity contribution in [1.29, 1.82) is 0 Å². The summed E-state index contributed by atoms with van der Waals surface area (Å²) in [6, 6.07) is 11.5. The largest absolute Gasteiger partial charge is 0.545 e. The molecule has 8 heteroatoms. The first-order valence-electron chi connectivity index (χ1n) is 8.49. The molecule has 0 aliphatic carbocycles. The minimum absolute atomic E-state index is 0.00433. The van der Waals surface area contributed by atoms with Crippen molar-refractivity contribution < 1.29 is 27.8 Å². The van der Waals surface area contributed by atoms with E-state index >= 15 is 0 Å². The third-order valence-electron chi connectivity index (χ3n) is 4.21. The molecule has 0 radical (unpaired) electrons. The second-order valence-corrected chi connectivity index (χ2v) is 6.31. The maximum Gasteiger partial charge on any atom is 0.418 e. The van der Waals surface area contributed by atoms with Crippen LogP contribution in [0, 0.1) is 6.92 Å². The zero-order valence-corrected chi connectivity index (χ0v) is 15.5. The van der Waals surface area contributed by atoms with E-state index in [-0.39, 0.29) is 28.2 Å². The Hall–Kier alpha value is -3.55. The van der Waals surface area contributed by atoms with E-state index in [1.165, 1.54) is 37.6 Å². The molecule has 1 heterocycles. The number of carboxylic acids is 1. The van der Waals surface area contributed by atoms with Gasteiger partial charge in [0.2, 0.25) is 0 Å². The van der Waals surface area contributed by atoms with Gasteiger partial charge in [-0.2, -0.15) is 13.2 Å². The number of carbonyl (C=O) groups is 1. The van der Waals surface area contributed by atoms with E-state index in [0.29, 0.717) is 11.3 Å². The van der Waals surface area contributed by atoms with Crippen LogP contribution in [0.1, 0.15) is 21.5 Å². The van der Waals surface area contributed by atoms with Crippen LogP contribution in [0.25, 0.3) is 11.3 Å². The zero-order valence-electron chi connectivity index (χ0n) is 15.5. The number of aromatic carboxylic acids is 1. The van der Waals surface area contributed by atoms with E-state index in [1.807, 2.05) is 0 Å². The highest BCUT2D eigenvalue weighted by Crippen LogP contribution is 2.38. The molecule has 0 aliphatic rings. The van der Waals surface area contributed by atoms with Gasteiger partial charge >= 0.3 is 6.18 Å². The van der Waals surface area contributed by atoms with Crippen LogP contribution >= 0.6 is 0 Å². The molecule has 3 rings (SSSR count). The number of aryl methyl sites for hydroxylation is 1. The molecular weight excluding hydrogens is 385 g/mol. The SMILES string of the molecule is COc1cccc(-c2ncc(Nc3ccc(C)cc3C(=O)[O-])cc2C(F)(F)F)c1. The van der Waals surface area contributed by atoms with Crippen LogP contribution in [0.2, 0.25) is 0 Å². The Bertz CT molecular complexity index is 1070. The number of ether oxygens (including phenoxy) is 1. The van der Waals surface area contributed by atoms with Crippen molar-refractivity contribution in [3.05, 3.63) is 71.4 Å². The fourth-order valence-electron chi connectivity index (χ4n) is 2.84. The lowest BCUT2D eigenvalue weighted by molar-refractivity contribution is -0.254. The molecule has 0 amide bonds. The highest BCUT2D eigenvalue weighted by molar-refractivity contribution is 5.94. The Kier molecular flexibility index (Phi) is 5.45. The van der Waals surface area contributed by atoms with Gasteiger partial charge in [-0.05, 0) is 37.3 Å². The van der Waals surface area contributed by atoms with E-state index in [4.69, 9.17) is 4.74 Å². The molecule has 2 aromatic carbocycles. The fourth-order valence-corrected chi connectivity index (χ4v) is 2.84. The summed E-state index contributed by atoms with van der Waals surface area (Å²) in [5.41, 5.74) is -0.347. The Labute approximate surface area is 164 Å². The van der Waals surface area contributed by atoms with E-state index in [9.17, 15) is 23.1 Å². The number of halogens is 3. The normalized spacial score (nSPS) is 11.2. The summed E-state index contributed by atoms with van der Waals surface area (Å²) in [6.45, 7) is 1.70. The molecule has 150 valence electrons. The molecule has 1 aromatic heterocycles. The number of nitrogens with one attached hydrogen (secondary N) is 1. The predicted octanol–water partition coefficient (Wildman–Crippen LogP) is 4.19. The van der Waals surface area contributed by atoms with Crippen LogP contribution in [-0.4, -0.2) is 18.1 Å². The number of nitrogens with zero attached hydrogens (tertiary/aromatic N) is 1. The standard InChI is InChI=1S/C21H17F3N2O3/c1-12-6-7-18(16(8-12)20(27)28)26-14-10-17(21(22,23)24)19(25-11-14)13-4-3-5-15(9-13)29-2/h3-11,26H,1-2H3,(H,27,28)/p-1. The first kappa shape index (κ1) is 20.2. The number of pyridine rings is 1. The van der Waals surface area contributed by atoms with Gasteiger partial charge in [0.1, 0.15) is 5.75 Å². The van der Waals surface area contributed by atoms with Gasteiger partial charge in [0.25, 0.3) is 0 Å². The lowest BCUT2D eigenvalue weighted by atomic mass is 10.0. The van der Waals surface area contributed by atoms with Crippen LogP contribution < -0.4 is 15.2 Å². The van der Waals surface area contributed by atoms with Gasteiger partial charge in [0.05, 0.1) is 36.2 Å². The van der Waals surface area contributed by atoms with Crippen molar-refractivity contribution in [3.8, 4) is 17.0 Å². The van der Waals surface area contributed by atoms with Crippen LogP contribution in [0.5, 0.6) is 5.75 Å². The Morgan fingerprint density at radius 1 is 1.14 bits per heavy atom. The highest BCUT2D eigenvalue weighted by atomic mass is 19.4. The average molecular weight is 401 g/mol. The van der Waals surface area contributed by atoms with Gasteiger partial charge < -0.3 is 20.0 Å². The molecule has 0 saturated heterocycles. The summed E-state index contributed by atoms with van der Waals surface area (Å²) < 4.78 is 46.1. The van der Waals surface area contributed by atoms with E-state index in [0.717, 1.165) is 6.07 Å². The summed E-state index contributed by atoms with van der Waals surface area (Å²) in [5.74, 6) is -1.04. The van der Waals surface area contributed by atoms with Gasteiger partial charge in [-0.15, -0.1) is 0 Å². The summed E-state index contributed by atoms with van der Waals surface area (Å²) in [4.78, 5) is 15.3. The first-order chi connectivity index (χ1) is 13.7. The summed E-state index contributed by atoms with van der Waals surface area (Å²) in [6.07, 6.45) is -3.46. The summed E-state index contributed by atoms with van der Waals surface area (Å²) >= 11 is 0. The van der Waals surface area contributed by atoms with Crippen molar-refractivity contribution in [3.63, 3.8) is 0 Å². The third kappa shape index (κ3) is 4.48. The minimum atomic E-state index is -4.67. The molecule has 0 spiro atoms. The topological polar surface area (TPSA) is 74.3 Å². The number of rotatable bonds is 5. The number of anilines is 2. The molecule has 1 N–H and O–H groups in total. The van der Waals surface area contributed by atoms with Gasteiger partial charge in [-0.3, -0.25) is 4.98 Å². The van der Waals surface area contributed by atoms with Gasteiger partial charge in [0, 0.05) is 16.8 Å². The number of hydrogen-bond donors (Lipinski definition) is 1. The maximum atomic E-state index is 13.7. The molecule has 0 bridgehead atoms. The molecule has 0 atom stereocenters. The summed E-state index contributed by atoms with van der Waals surface area (Å²) in [5, 5.41) is 14.0. The fraction of sp³-hybridized carbons (Fsp3) is 0.143. The number of carbonyl (C=O) groups excluding carboxylic acids is 1. The number of hydrogen-bond acceptors (Lipinski definition) is 5. The first-order valence-corrected chi connectivity index (χ1v) is 8.49. The second-order valence-electron chi connectivity index (χ2n) is 6.31. The van der Waals surface area contributed by atoms with Gasteiger partial charge in [0.15, 0.2) is 0 Å². The van der Waals surface area contributed by atoms with Crippen molar-refractivity contribution in [1.82, 2.24) is 4.98 Å². The van der Waals surface area contributed by atoms with Crippen LogP contribution in [0.4, 0.5) is 24.5 Å². The number of benzene rings is 2. The van der Waals surface area contributed by atoms with Crippen molar-refractivity contribution in [2.75, 3.05) is 12.4 Å². The van der Waals surface area contributed by atoms with Crippen LogP contribution in [0.15, 0.2) is 54.7 Å². The van der Waals surface area contributed by atoms with Crippen LogP contribution in [0.3, 0.4) is 0 Å². The van der Waals surface area contributed by atoms with E-state index in [1.54, 1.807) is 25.1 Å².